The molecule has 0 unspecified atom stereocenters. The lowest BCUT2D eigenvalue weighted by atomic mass is 10.2. The van der Waals surface area contributed by atoms with E-state index in [9.17, 15) is 9.90 Å². The Morgan fingerprint density at radius 1 is 1.16 bits per heavy atom. The van der Waals surface area contributed by atoms with Gasteiger partial charge < -0.3 is 9.84 Å². The van der Waals surface area contributed by atoms with Crippen molar-refractivity contribution in [2.45, 2.75) is 0 Å². The Morgan fingerprint density at radius 3 is 2.37 bits per heavy atom. The number of ether oxygens (including phenoxy) is 1. The lowest BCUT2D eigenvalue weighted by Crippen LogP contribution is -2.23. The van der Waals surface area contributed by atoms with Gasteiger partial charge in [0.1, 0.15) is 5.75 Å². The Hall–Kier alpha value is -2.20. The Labute approximate surface area is 115 Å². The molecular weight excluding hydrogens is 266 g/mol. The second kappa shape index (κ2) is 5.63. The third-order valence-corrected chi connectivity index (χ3v) is 2.80. The zero-order chi connectivity index (χ0) is 13.8. The number of hydrogen-bond acceptors (Lipinski definition) is 2. The largest absolute Gasteiger partial charge is 0.497 e. The first-order valence-corrected chi connectivity index (χ1v) is 5.92. The van der Waals surface area contributed by atoms with Gasteiger partial charge in [-0.15, -0.1) is 0 Å². The quantitative estimate of drug-likeness (QED) is 0.916. The molecule has 0 aliphatic heterocycles. The number of nitrogens with zero attached hydrogens (tertiary/aromatic N) is 1. The average Bonchev–Trinajstić information content (AvgIpc) is 2.39. The summed E-state index contributed by atoms with van der Waals surface area (Å²) in [4.78, 5) is 12.6. The molecule has 0 fully saturated rings. The van der Waals surface area contributed by atoms with Gasteiger partial charge in [0.05, 0.1) is 18.5 Å². The summed E-state index contributed by atoms with van der Waals surface area (Å²) in [7, 11) is 1.53. The van der Waals surface area contributed by atoms with E-state index in [0.717, 1.165) is 4.90 Å². The topological polar surface area (TPSA) is 49.8 Å². The van der Waals surface area contributed by atoms with Crippen molar-refractivity contribution in [3.8, 4) is 5.75 Å². The fraction of sp³-hybridized carbons (Fsp3) is 0.0714. The molecule has 98 valence electrons. The summed E-state index contributed by atoms with van der Waals surface area (Å²) in [6.45, 7) is 0. The number of carbonyl (C=O) groups is 1. The Kier molecular flexibility index (Phi) is 3.92. The summed E-state index contributed by atoms with van der Waals surface area (Å²) in [6, 6.07) is 13.5. The molecule has 0 aliphatic rings. The lowest BCUT2D eigenvalue weighted by Gasteiger charge is -2.20. The van der Waals surface area contributed by atoms with E-state index in [0.29, 0.717) is 22.1 Å². The molecule has 0 radical (unpaired) electrons. The fourth-order valence-electron chi connectivity index (χ4n) is 1.73. The number of carboxylic acid groups (broad SMARTS) is 1. The van der Waals surface area contributed by atoms with E-state index in [1.165, 1.54) is 7.11 Å². The van der Waals surface area contributed by atoms with Gasteiger partial charge in [-0.3, -0.25) is 0 Å². The first-order valence-electron chi connectivity index (χ1n) is 5.54. The van der Waals surface area contributed by atoms with E-state index in [-0.39, 0.29) is 0 Å². The normalized spacial score (nSPS) is 10.0. The molecule has 0 aromatic heterocycles. The van der Waals surface area contributed by atoms with Gasteiger partial charge in [0, 0.05) is 11.1 Å². The summed E-state index contributed by atoms with van der Waals surface area (Å²) < 4.78 is 5.10. The summed E-state index contributed by atoms with van der Waals surface area (Å²) in [5, 5.41) is 9.86. The molecule has 2 aromatic rings. The van der Waals surface area contributed by atoms with Crippen molar-refractivity contribution < 1.29 is 14.6 Å². The fourth-order valence-corrected chi connectivity index (χ4v) is 1.92. The van der Waals surface area contributed by atoms with Crippen LogP contribution in [-0.4, -0.2) is 18.3 Å². The number of benzene rings is 2. The highest BCUT2D eigenvalue weighted by molar-refractivity contribution is 6.31. The SMILES string of the molecule is COc1cccc(N(C(=O)O)c2cccc(Cl)c2)c1. The van der Waals surface area contributed by atoms with Crippen molar-refractivity contribution in [1.29, 1.82) is 0 Å². The minimum absolute atomic E-state index is 0.478. The van der Waals surface area contributed by atoms with Crippen LogP contribution in [0.1, 0.15) is 0 Å². The van der Waals surface area contributed by atoms with Crippen LogP contribution in [0.5, 0.6) is 5.75 Å². The second-order valence-electron chi connectivity index (χ2n) is 3.80. The van der Waals surface area contributed by atoms with E-state index in [4.69, 9.17) is 16.3 Å². The van der Waals surface area contributed by atoms with Crippen LogP contribution in [0.25, 0.3) is 0 Å². The average molecular weight is 278 g/mol. The van der Waals surface area contributed by atoms with Crippen molar-refractivity contribution in [3.05, 3.63) is 53.6 Å². The Bertz CT molecular complexity index is 601. The molecule has 0 spiro atoms. The van der Waals surface area contributed by atoms with Crippen molar-refractivity contribution in [2.24, 2.45) is 0 Å². The van der Waals surface area contributed by atoms with E-state index in [1.807, 2.05) is 0 Å². The summed E-state index contributed by atoms with van der Waals surface area (Å²) in [5.74, 6) is 0.589. The van der Waals surface area contributed by atoms with Gasteiger partial charge >= 0.3 is 6.09 Å². The van der Waals surface area contributed by atoms with Crippen LogP contribution in [0.4, 0.5) is 16.2 Å². The van der Waals surface area contributed by atoms with E-state index in [1.54, 1.807) is 48.5 Å². The zero-order valence-corrected chi connectivity index (χ0v) is 11.0. The molecule has 5 heteroatoms. The predicted molar refractivity (Wildman–Crippen MR) is 74.6 cm³/mol. The molecule has 0 bridgehead atoms. The van der Waals surface area contributed by atoms with E-state index in [2.05, 4.69) is 0 Å². The molecule has 1 N–H and O–H groups in total. The number of rotatable bonds is 3. The number of methoxy groups -OCH3 is 1. The van der Waals surface area contributed by atoms with Gasteiger partial charge in [-0.1, -0.05) is 23.7 Å². The summed E-state index contributed by atoms with van der Waals surface area (Å²) in [6.07, 6.45) is -1.09. The van der Waals surface area contributed by atoms with E-state index >= 15 is 0 Å². The molecule has 0 saturated heterocycles. The maximum Gasteiger partial charge on any atom is 0.416 e. The van der Waals surface area contributed by atoms with Crippen molar-refractivity contribution >= 4 is 29.1 Å². The van der Waals surface area contributed by atoms with Crippen LogP contribution in [0, 0.1) is 0 Å². The first kappa shape index (κ1) is 13.2. The minimum Gasteiger partial charge on any atom is -0.497 e. The first-order chi connectivity index (χ1) is 9.11. The number of amides is 1. The van der Waals surface area contributed by atoms with Crippen LogP contribution in [0.3, 0.4) is 0 Å². The summed E-state index contributed by atoms with van der Waals surface area (Å²) >= 11 is 5.90. The van der Waals surface area contributed by atoms with Crippen LogP contribution in [0.2, 0.25) is 5.02 Å². The summed E-state index contributed by atoms with van der Waals surface area (Å²) in [5.41, 5.74) is 0.974. The van der Waals surface area contributed by atoms with Crippen LogP contribution in [0.15, 0.2) is 48.5 Å². The third-order valence-electron chi connectivity index (χ3n) is 2.57. The predicted octanol–water partition coefficient (Wildman–Crippen LogP) is 4.16. The molecule has 19 heavy (non-hydrogen) atoms. The van der Waals surface area contributed by atoms with Gasteiger partial charge in [-0.05, 0) is 30.3 Å². The second-order valence-corrected chi connectivity index (χ2v) is 4.24. The standard InChI is InChI=1S/C14H12ClNO3/c1-19-13-7-3-6-12(9-13)16(14(17)18)11-5-2-4-10(15)8-11/h2-9H,1H3,(H,17,18). The maximum atomic E-state index is 11.5. The molecule has 2 aromatic carbocycles. The molecule has 2 rings (SSSR count). The molecule has 0 atom stereocenters. The monoisotopic (exact) mass is 277 g/mol. The number of anilines is 2. The third kappa shape index (κ3) is 2.98. The Balaban J connectivity index is 2.48. The number of halogens is 1. The van der Waals surface area contributed by atoms with Crippen LogP contribution >= 0.6 is 11.6 Å². The highest BCUT2D eigenvalue weighted by atomic mass is 35.5. The van der Waals surface area contributed by atoms with Gasteiger partial charge in [0.25, 0.3) is 0 Å². The highest BCUT2D eigenvalue weighted by Crippen LogP contribution is 2.29. The van der Waals surface area contributed by atoms with Crippen LogP contribution < -0.4 is 9.64 Å². The molecule has 1 amide bonds. The zero-order valence-electron chi connectivity index (χ0n) is 10.2. The number of hydrogen-bond donors (Lipinski definition) is 1. The van der Waals surface area contributed by atoms with Crippen molar-refractivity contribution in [2.75, 3.05) is 12.0 Å². The van der Waals surface area contributed by atoms with Crippen molar-refractivity contribution in [1.82, 2.24) is 0 Å². The van der Waals surface area contributed by atoms with Gasteiger partial charge in [-0.25, -0.2) is 9.69 Å². The maximum absolute atomic E-state index is 11.5. The minimum atomic E-state index is -1.09. The highest BCUT2D eigenvalue weighted by Gasteiger charge is 2.17. The Morgan fingerprint density at radius 2 is 1.79 bits per heavy atom. The van der Waals surface area contributed by atoms with Gasteiger partial charge in [-0.2, -0.15) is 0 Å². The molecule has 0 aliphatic carbocycles. The molecule has 4 nitrogen and oxygen atoms in total. The van der Waals surface area contributed by atoms with E-state index < -0.39 is 6.09 Å². The molecule has 0 saturated carbocycles. The lowest BCUT2D eigenvalue weighted by molar-refractivity contribution is 0.205. The molecule has 0 heterocycles. The molecular formula is C14H12ClNO3. The van der Waals surface area contributed by atoms with Gasteiger partial charge in [0.2, 0.25) is 0 Å². The smallest absolute Gasteiger partial charge is 0.416 e. The van der Waals surface area contributed by atoms with Crippen LogP contribution in [-0.2, 0) is 0 Å². The van der Waals surface area contributed by atoms with Gasteiger partial charge in [0.15, 0.2) is 0 Å². The van der Waals surface area contributed by atoms with Crippen molar-refractivity contribution in [3.63, 3.8) is 0 Å².